The van der Waals surface area contributed by atoms with E-state index < -0.39 is 11.2 Å². The van der Waals surface area contributed by atoms with Gasteiger partial charge in [-0.2, -0.15) is 10.1 Å². The minimum Gasteiger partial charge on any atom is -0.298 e. The molecule has 0 aliphatic carbocycles. The molecule has 0 aliphatic rings. The van der Waals surface area contributed by atoms with Crippen molar-refractivity contribution in [2.45, 2.75) is 13.5 Å². The Hall–Kier alpha value is -4.01. The number of aryl methyl sites for hydroxylation is 2. The van der Waals surface area contributed by atoms with Crippen molar-refractivity contribution in [3.8, 4) is 0 Å². The molecular weight excluding hydrogens is 399 g/mol. The highest BCUT2D eigenvalue weighted by atomic mass is 19.1. The van der Waals surface area contributed by atoms with Gasteiger partial charge < -0.3 is 0 Å². The Kier molecular flexibility index (Phi) is 5.24. The summed E-state index contributed by atoms with van der Waals surface area (Å²) in [6.07, 6.45) is 1.64. The predicted molar refractivity (Wildman–Crippen MR) is 118 cm³/mol. The molecule has 2 aromatic heterocycles. The molecule has 0 unspecified atom stereocenters. The number of anilines is 1. The molecule has 9 heteroatoms. The van der Waals surface area contributed by atoms with Gasteiger partial charge in [-0.25, -0.2) is 14.6 Å². The van der Waals surface area contributed by atoms with Crippen LogP contribution in [0.3, 0.4) is 0 Å². The number of hydrogen-bond donors (Lipinski definition) is 1. The Labute approximate surface area is 176 Å². The van der Waals surface area contributed by atoms with E-state index in [-0.39, 0.29) is 23.5 Å². The molecule has 0 saturated carbocycles. The molecule has 0 amide bonds. The maximum absolute atomic E-state index is 13.3. The zero-order valence-corrected chi connectivity index (χ0v) is 17.3. The van der Waals surface area contributed by atoms with Gasteiger partial charge in [-0.1, -0.05) is 42.0 Å². The third-order valence-electron chi connectivity index (χ3n) is 5.06. The monoisotopic (exact) mass is 420 g/mol. The van der Waals surface area contributed by atoms with Gasteiger partial charge in [-0.3, -0.25) is 18.5 Å². The minimum absolute atomic E-state index is 0.239. The largest absolute Gasteiger partial charge is 0.332 e. The molecule has 0 aliphatic heterocycles. The first-order valence-corrected chi connectivity index (χ1v) is 9.61. The smallest absolute Gasteiger partial charge is 0.298 e. The van der Waals surface area contributed by atoms with Crippen LogP contribution in [0.1, 0.15) is 16.7 Å². The SMILES string of the molecule is Cc1ccc(C=NNc2nc3c(c(=O)n(C)c(=O)n3C)n2Cc2ccc(F)cc2)cc1. The summed E-state index contributed by atoms with van der Waals surface area (Å²) < 4.78 is 17.3. The summed E-state index contributed by atoms with van der Waals surface area (Å²) in [4.78, 5) is 29.6. The van der Waals surface area contributed by atoms with Crippen molar-refractivity contribution < 1.29 is 4.39 Å². The van der Waals surface area contributed by atoms with E-state index in [1.54, 1.807) is 30.0 Å². The summed E-state index contributed by atoms with van der Waals surface area (Å²) in [5, 5.41) is 4.24. The molecule has 0 atom stereocenters. The van der Waals surface area contributed by atoms with Crippen LogP contribution in [0.5, 0.6) is 0 Å². The number of nitrogens with zero attached hydrogens (tertiary/aromatic N) is 5. The average molecular weight is 420 g/mol. The minimum atomic E-state index is -0.473. The third kappa shape index (κ3) is 3.89. The Morgan fingerprint density at radius 1 is 1.03 bits per heavy atom. The van der Waals surface area contributed by atoms with E-state index in [9.17, 15) is 14.0 Å². The van der Waals surface area contributed by atoms with Gasteiger partial charge in [0.05, 0.1) is 12.8 Å². The van der Waals surface area contributed by atoms with Crippen LogP contribution in [-0.2, 0) is 20.6 Å². The van der Waals surface area contributed by atoms with Crippen LogP contribution in [0.15, 0.2) is 63.2 Å². The van der Waals surface area contributed by atoms with Gasteiger partial charge in [0.2, 0.25) is 5.95 Å². The van der Waals surface area contributed by atoms with Crippen LogP contribution < -0.4 is 16.7 Å². The van der Waals surface area contributed by atoms with Gasteiger partial charge in [0.1, 0.15) is 5.82 Å². The number of imidazole rings is 1. The van der Waals surface area contributed by atoms with Crippen molar-refractivity contribution in [2.75, 3.05) is 5.43 Å². The molecule has 2 aromatic carbocycles. The summed E-state index contributed by atoms with van der Waals surface area (Å²) in [6, 6.07) is 13.8. The molecule has 1 N–H and O–H groups in total. The predicted octanol–water partition coefficient (Wildman–Crippen LogP) is 2.38. The first-order valence-electron chi connectivity index (χ1n) is 9.61. The third-order valence-corrected chi connectivity index (χ3v) is 5.06. The molecule has 31 heavy (non-hydrogen) atoms. The Morgan fingerprint density at radius 3 is 2.39 bits per heavy atom. The lowest BCUT2D eigenvalue weighted by molar-refractivity contribution is 0.626. The number of fused-ring (bicyclic) bond motifs is 1. The summed E-state index contributed by atoms with van der Waals surface area (Å²) in [7, 11) is 2.97. The summed E-state index contributed by atoms with van der Waals surface area (Å²) in [5.41, 5.74) is 5.22. The number of benzene rings is 2. The molecule has 158 valence electrons. The van der Waals surface area contributed by atoms with Gasteiger partial charge in [-0.05, 0) is 30.2 Å². The van der Waals surface area contributed by atoms with Crippen LogP contribution in [0.25, 0.3) is 11.2 Å². The zero-order valence-electron chi connectivity index (χ0n) is 17.3. The van der Waals surface area contributed by atoms with E-state index in [4.69, 9.17) is 0 Å². The maximum atomic E-state index is 13.3. The fourth-order valence-corrected chi connectivity index (χ4v) is 3.28. The van der Waals surface area contributed by atoms with Gasteiger partial charge in [0.15, 0.2) is 11.2 Å². The van der Waals surface area contributed by atoms with Crippen LogP contribution in [0.2, 0.25) is 0 Å². The first-order chi connectivity index (χ1) is 14.8. The van der Waals surface area contributed by atoms with Gasteiger partial charge in [0, 0.05) is 14.1 Å². The van der Waals surface area contributed by atoms with Crippen molar-refractivity contribution in [2.24, 2.45) is 19.2 Å². The van der Waals surface area contributed by atoms with Gasteiger partial charge in [0.25, 0.3) is 5.56 Å². The highest BCUT2D eigenvalue weighted by molar-refractivity contribution is 5.80. The lowest BCUT2D eigenvalue weighted by Gasteiger charge is -2.09. The van der Waals surface area contributed by atoms with Crippen LogP contribution >= 0.6 is 0 Å². The molecule has 0 saturated heterocycles. The van der Waals surface area contributed by atoms with E-state index in [1.165, 1.54) is 23.7 Å². The Balaban J connectivity index is 1.80. The number of aromatic nitrogens is 4. The molecule has 0 radical (unpaired) electrons. The lowest BCUT2D eigenvalue weighted by Crippen LogP contribution is -2.37. The summed E-state index contributed by atoms with van der Waals surface area (Å²) in [6.45, 7) is 2.24. The highest BCUT2D eigenvalue weighted by Gasteiger charge is 2.19. The highest BCUT2D eigenvalue weighted by Crippen LogP contribution is 2.18. The Bertz CT molecular complexity index is 1400. The molecule has 0 bridgehead atoms. The van der Waals surface area contributed by atoms with E-state index in [0.717, 1.165) is 21.3 Å². The summed E-state index contributed by atoms with van der Waals surface area (Å²) >= 11 is 0. The number of hydrazone groups is 1. The molecule has 0 fully saturated rings. The number of halogens is 1. The van der Waals surface area contributed by atoms with Crippen molar-refractivity contribution in [1.82, 2.24) is 18.7 Å². The number of nitrogens with one attached hydrogen (secondary N) is 1. The average Bonchev–Trinajstić information content (AvgIpc) is 3.12. The lowest BCUT2D eigenvalue weighted by atomic mass is 10.2. The second-order valence-electron chi connectivity index (χ2n) is 7.31. The van der Waals surface area contributed by atoms with Crippen molar-refractivity contribution >= 4 is 23.3 Å². The van der Waals surface area contributed by atoms with Crippen LogP contribution in [-0.4, -0.2) is 24.9 Å². The quantitative estimate of drug-likeness (QED) is 0.397. The van der Waals surface area contributed by atoms with Gasteiger partial charge in [-0.15, -0.1) is 0 Å². The van der Waals surface area contributed by atoms with E-state index in [2.05, 4.69) is 15.5 Å². The van der Waals surface area contributed by atoms with E-state index in [0.29, 0.717) is 5.95 Å². The standard InChI is InChI=1S/C22H21FN6O2/c1-14-4-6-15(7-5-14)12-24-26-21-25-19-18(20(30)28(3)22(31)27(19)2)29(21)13-16-8-10-17(23)11-9-16/h4-12H,13H2,1-3H3,(H,25,26). The number of hydrogen-bond acceptors (Lipinski definition) is 5. The molecule has 2 heterocycles. The molecule has 0 spiro atoms. The van der Waals surface area contributed by atoms with Crippen molar-refractivity contribution in [1.29, 1.82) is 0 Å². The van der Waals surface area contributed by atoms with Crippen molar-refractivity contribution in [3.63, 3.8) is 0 Å². The fourth-order valence-electron chi connectivity index (χ4n) is 3.28. The van der Waals surface area contributed by atoms with Crippen LogP contribution in [0.4, 0.5) is 10.3 Å². The zero-order chi connectivity index (χ0) is 22.1. The fraction of sp³-hybridized carbons (Fsp3) is 0.182. The second-order valence-corrected chi connectivity index (χ2v) is 7.31. The normalized spacial score (nSPS) is 11.5. The van der Waals surface area contributed by atoms with E-state index in [1.807, 2.05) is 31.2 Å². The van der Waals surface area contributed by atoms with Gasteiger partial charge >= 0.3 is 5.69 Å². The molecule has 4 rings (SSSR count). The first kappa shape index (κ1) is 20.3. The molecule has 4 aromatic rings. The molecular formula is C22H21FN6O2. The Morgan fingerprint density at radius 2 is 1.71 bits per heavy atom. The number of rotatable bonds is 5. The summed E-state index contributed by atoms with van der Waals surface area (Å²) in [5.74, 6) is -0.0559. The van der Waals surface area contributed by atoms with Crippen LogP contribution in [0, 0.1) is 12.7 Å². The maximum Gasteiger partial charge on any atom is 0.332 e. The topological polar surface area (TPSA) is 86.2 Å². The van der Waals surface area contributed by atoms with E-state index >= 15 is 0 Å². The second kappa shape index (κ2) is 8.02. The molecule has 8 nitrogen and oxygen atoms in total. The van der Waals surface area contributed by atoms with Crippen molar-refractivity contribution in [3.05, 3.63) is 91.9 Å².